The number of rotatable bonds is 2. The lowest BCUT2D eigenvalue weighted by Gasteiger charge is -2.07. The first-order valence-corrected chi connectivity index (χ1v) is 4.68. The molecule has 74 valence electrons. The highest BCUT2D eigenvalue weighted by molar-refractivity contribution is 9.10. The summed E-state index contributed by atoms with van der Waals surface area (Å²) in [4.78, 5) is 10.7. The number of hydrogen-bond acceptors (Lipinski definition) is 4. The van der Waals surface area contributed by atoms with Crippen LogP contribution < -0.4 is 14.2 Å². The zero-order chi connectivity index (χ0) is 10.1. The Morgan fingerprint density at radius 2 is 2.21 bits per heavy atom. The minimum atomic E-state index is 0.145. The number of carbonyl (C=O) groups excluding carboxylic acids is 1. The lowest BCUT2D eigenvalue weighted by atomic mass is 10.2. The largest absolute Gasteiger partial charge is 0.493 e. The van der Waals surface area contributed by atoms with Crippen LogP contribution >= 0.6 is 15.9 Å². The molecule has 0 fully saturated rings. The highest BCUT2D eigenvalue weighted by atomic mass is 79.9. The number of benzene rings is 1. The summed E-state index contributed by atoms with van der Waals surface area (Å²) in [6.45, 7) is 0.145. The van der Waals surface area contributed by atoms with Crippen LogP contribution in [0, 0.1) is 0 Å². The molecule has 0 amide bonds. The summed E-state index contributed by atoms with van der Waals surface area (Å²) in [5, 5.41) is 0. The number of fused-ring (bicyclic) bond motifs is 1. The second kappa shape index (κ2) is 3.49. The van der Waals surface area contributed by atoms with E-state index in [-0.39, 0.29) is 6.79 Å². The van der Waals surface area contributed by atoms with Crippen molar-refractivity contribution >= 4 is 22.2 Å². The molecule has 5 heteroatoms. The molecular weight excluding hydrogens is 252 g/mol. The van der Waals surface area contributed by atoms with E-state index in [1.54, 1.807) is 6.07 Å². The Kier molecular flexibility index (Phi) is 2.33. The number of carbonyl (C=O) groups is 1. The predicted molar refractivity (Wildman–Crippen MR) is 52.2 cm³/mol. The molecule has 4 nitrogen and oxygen atoms in total. The summed E-state index contributed by atoms with van der Waals surface area (Å²) >= 11 is 3.26. The van der Waals surface area contributed by atoms with Gasteiger partial charge >= 0.3 is 0 Å². The summed E-state index contributed by atoms with van der Waals surface area (Å²) in [7, 11) is 1.51. The first-order chi connectivity index (χ1) is 6.77. The van der Waals surface area contributed by atoms with E-state index in [4.69, 9.17) is 14.2 Å². The second-order valence-corrected chi connectivity index (χ2v) is 3.46. The van der Waals surface area contributed by atoms with Gasteiger partial charge in [-0.3, -0.25) is 4.79 Å². The summed E-state index contributed by atoms with van der Waals surface area (Å²) in [6.07, 6.45) is 0.731. The van der Waals surface area contributed by atoms with Gasteiger partial charge in [-0.1, -0.05) is 0 Å². The second-order valence-electron chi connectivity index (χ2n) is 2.66. The fraction of sp³-hybridized carbons (Fsp3) is 0.222. The molecule has 1 aromatic carbocycles. The number of halogens is 1. The van der Waals surface area contributed by atoms with Crippen LogP contribution in [0.25, 0.3) is 0 Å². The van der Waals surface area contributed by atoms with Crippen LogP contribution in [0.2, 0.25) is 0 Å². The molecule has 14 heavy (non-hydrogen) atoms. The fourth-order valence-corrected chi connectivity index (χ4v) is 1.77. The third-order valence-electron chi connectivity index (χ3n) is 1.92. The summed E-state index contributed by atoms with van der Waals surface area (Å²) < 4.78 is 16.1. The molecule has 0 unspecified atom stereocenters. The molecule has 1 aliphatic heterocycles. The van der Waals surface area contributed by atoms with E-state index in [0.717, 1.165) is 6.29 Å². The molecule has 0 radical (unpaired) electrons. The SMILES string of the molecule is COc1cc(C=O)c(Br)c2c1OCO2. The molecule has 2 rings (SSSR count). The predicted octanol–water partition coefficient (Wildman–Crippen LogP) is 2.00. The van der Waals surface area contributed by atoms with Crippen LogP contribution in [0.5, 0.6) is 17.2 Å². The summed E-state index contributed by atoms with van der Waals surface area (Å²) in [6, 6.07) is 1.60. The van der Waals surface area contributed by atoms with Crippen molar-refractivity contribution in [3.8, 4) is 17.2 Å². The fourth-order valence-electron chi connectivity index (χ4n) is 1.26. The van der Waals surface area contributed by atoms with Crippen molar-refractivity contribution in [2.75, 3.05) is 13.9 Å². The van der Waals surface area contributed by atoms with E-state index in [2.05, 4.69) is 15.9 Å². The van der Waals surface area contributed by atoms with Gasteiger partial charge in [-0.15, -0.1) is 0 Å². The van der Waals surface area contributed by atoms with Crippen molar-refractivity contribution in [2.45, 2.75) is 0 Å². The van der Waals surface area contributed by atoms with Gasteiger partial charge in [0, 0.05) is 5.56 Å². The van der Waals surface area contributed by atoms with Gasteiger partial charge in [0.25, 0.3) is 0 Å². The van der Waals surface area contributed by atoms with E-state index in [0.29, 0.717) is 27.3 Å². The monoisotopic (exact) mass is 258 g/mol. The maximum absolute atomic E-state index is 10.7. The summed E-state index contributed by atoms with van der Waals surface area (Å²) in [5.74, 6) is 1.55. The maximum Gasteiger partial charge on any atom is 0.231 e. The Hall–Kier alpha value is -1.23. The lowest BCUT2D eigenvalue weighted by molar-refractivity contribution is 0.112. The molecule has 0 N–H and O–H groups in total. The molecule has 0 spiro atoms. The molecule has 0 aliphatic carbocycles. The van der Waals surface area contributed by atoms with Gasteiger partial charge in [0.2, 0.25) is 12.5 Å². The average molecular weight is 259 g/mol. The minimum Gasteiger partial charge on any atom is -0.493 e. The number of methoxy groups -OCH3 is 1. The molecule has 1 aliphatic rings. The molecule has 0 atom stereocenters. The van der Waals surface area contributed by atoms with Gasteiger partial charge < -0.3 is 14.2 Å². The Bertz CT molecular complexity index is 389. The standard InChI is InChI=1S/C9H7BrO4/c1-12-6-2-5(3-11)7(10)9-8(6)13-4-14-9/h2-3H,4H2,1H3. The zero-order valence-electron chi connectivity index (χ0n) is 7.37. The van der Waals surface area contributed by atoms with Crippen LogP contribution in [0.4, 0.5) is 0 Å². The lowest BCUT2D eigenvalue weighted by Crippen LogP contribution is -1.93. The van der Waals surface area contributed by atoms with E-state index in [1.165, 1.54) is 7.11 Å². The van der Waals surface area contributed by atoms with Gasteiger partial charge in [0.05, 0.1) is 11.6 Å². The van der Waals surface area contributed by atoms with Crippen molar-refractivity contribution < 1.29 is 19.0 Å². The number of ether oxygens (including phenoxy) is 3. The topological polar surface area (TPSA) is 44.8 Å². The van der Waals surface area contributed by atoms with E-state index < -0.39 is 0 Å². The quantitative estimate of drug-likeness (QED) is 0.762. The maximum atomic E-state index is 10.7. The summed E-state index contributed by atoms with van der Waals surface area (Å²) in [5.41, 5.74) is 0.478. The van der Waals surface area contributed by atoms with Gasteiger partial charge in [-0.2, -0.15) is 0 Å². The Balaban J connectivity index is 2.66. The van der Waals surface area contributed by atoms with Crippen LogP contribution in [0.3, 0.4) is 0 Å². The third kappa shape index (κ3) is 1.24. The molecule has 0 saturated heterocycles. The van der Waals surface area contributed by atoms with Gasteiger partial charge in [0.15, 0.2) is 17.8 Å². The van der Waals surface area contributed by atoms with E-state index in [1.807, 2.05) is 0 Å². The van der Waals surface area contributed by atoms with Crippen LogP contribution in [0.15, 0.2) is 10.5 Å². The van der Waals surface area contributed by atoms with Crippen molar-refractivity contribution in [2.24, 2.45) is 0 Å². The number of hydrogen-bond donors (Lipinski definition) is 0. The molecule has 0 bridgehead atoms. The van der Waals surface area contributed by atoms with E-state index in [9.17, 15) is 4.79 Å². The van der Waals surface area contributed by atoms with Crippen molar-refractivity contribution in [3.63, 3.8) is 0 Å². The first-order valence-electron chi connectivity index (χ1n) is 3.89. The highest BCUT2D eigenvalue weighted by Crippen LogP contribution is 2.47. The third-order valence-corrected chi connectivity index (χ3v) is 2.74. The van der Waals surface area contributed by atoms with Crippen LogP contribution in [0.1, 0.15) is 10.4 Å². The zero-order valence-corrected chi connectivity index (χ0v) is 8.96. The number of aldehydes is 1. The Morgan fingerprint density at radius 1 is 1.50 bits per heavy atom. The van der Waals surface area contributed by atoms with E-state index >= 15 is 0 Å². The highest BCUT2D eigenvalue weighted by Gasteiger charge is 2.24. The minimum absolute atomic E-state index is 0.145. The average Bonchev–Trinajstić information content (AvgIpc) is 2.68. The Morgan fingerprint density at radius 3 is 2.86 bits per heavy atom. The Labute approximate surface area is 88.9 Å². The van der Waals surface area contributed by atoms with Gasteiger partial charge in [-0.25, -0.2) is 0 Å². The van der Waals surface area contributed by atoms with Crippen LogP contribution in [-0.4, -0.2) is 20.2 Å². The van der Waals surface area contributed by atoms with Gasteiger partial charge in [-0.05, 0) is 22.0 Å². The van der Waals surface area contributed by atoms with Crippen molar-refractivity contribution in [1.29, 1.82) is 0 Å². The van der Waals surface area contributed by atoms with Crippen LogP contribution in [-0.2, 0) is 0 Å². The first kappa shape index (κ1) is 9.33. The molecule has 1 aromatic rings. The van der Waals surface area contributed by atoms with Gasteiger partial charge in [0.1, 0.15) is 0 Å². The van der Waals surface area contributed by atoms with Crippen molar-refractivity contribution in [1.82, 2.24) is 0 Å². The normalized spacial score (nSPS) is 12.7. The molecule has 1 heterocycles. The molecule has 0 saturated carbocycles. The molecule has 0 aromatic heterocycles. The molecular formula is C9H7BrO4. The smallest absolute Gasteiger partial charge is 0.231 e. The van der Waals surface area contributed by atoms with Crippen molar-refractivity contribution in [3.05, 3.63) is 16.1 Å².